The molecule has 0 amide bonds. The highest BCUT2D eigenvalue weighted by Crippen LogP contribution is 2.46. The largest absolute Gasteiger partial charge is 0.361 e. The van der Waals surface area contributed by atoms with Crippen LogP contribution in [0, 0.1) is 0 Å². The maximum Gasteiger partial charge on any atom is 0.185 e. The van der Waals surface area contributed by atoms with Gasteiger partial charge in [0.25, 0.3) is 0 Å². The molecule has 1 saturated carbocycles. The van der Waals surface area contributed by atoms with Crippen LogP contribution in [0.1, 0.15) is 31.2 Å². The third-order valence-electron chi connectivity index (χ3n) is 6.31. The second kappa shape index (κ2) is 7.02. The second-order valence-corrected chi connectivity index (χ2v) is 8.30. The maximum atomic E-state index is 10.6. The molecule has 1 unspecified atom stereocenters. The van der Waals surface area contributed by atoms with Crippen LogP contribution in [0.25, 0.3) is 0 Å². The number of aliphatic hydroxyl groups is 1. The van der Waals surface area contributed by atoms with E-state index in [1.54, 1.807) is 6.20 Å². The monoisotopic (exact) mass is 387 g/mol. The van der Waals surface area contributed by atoms with E-state index in [1.807, 2.05) is 4.90 Å². The lowest BCUT2D eigenvalue weighted by Crippen LogP contribution is -2.54. The Morgan fingerprint density at radius 3 is 2.41 bits per heavy atom. The van der Waals surface area contributed by atoms with Gasteiger partial charge in [-0.1, -0.05) is 41.9 Å². The summed E-state index contributed by atoms with van der Waals surface area (Å²) in [4.78, 5) is 12.6. The van der Waals surface area contributed by atoms with E-state index in [-0.39, 0.29) is 11.1 Å². The Balaban J connectivity index is 1.53. The number of aromatic nitrogens is 2. The summed E-state index contributed by atoms with van der Waals surface area (Å²) in [5.41, 5.74) is 1.28. The molecule has 4 rings (SSSR count). The van der Waals surface area contributed by atoms with Crippen LogP contribution in [0.5, 0.6) is 0 Å². The predicted molar refractivity (Wildman–Crippen MR) is 107 cm³/mol. The van der Waals surface area contributed by atoms with Crippen LogP contribution < -0.4 is 10.2 Å². The molecular weight excluding hydrogens is 362 g/mol. The molecule has 7 heteroatoms. The van der Waals surface area contributed by atoms with E-state index in [0.29, 0.717) is 17.5 Å². The van der Waals surface area contributed by atoms with Gasteiger partial charge >= 0.3 is 0 Å². The lowest BCUT2D eigenvalue weighted by Gasteiger charge is -2.49. The van der Waals surface area contributed by atoms with Crippen LogP contribution >= 0.6 is 11.6 Å². The number of nitrogens with one attached hydrogen (secondary N) is 1. The second-order valence-electron chi connectivity index (χ2n) is 7.92. The quantitative estimate of drug-likeness (QED) is 0.844. The fraction of sp³-hybridized carbons (Fsp3) is 0.500. The lowest BCUT2D eigenvalue weighted by atomic mass is 9.69. The number of rotatable bonds is 3. The van der Waals surface area contributed by atoms with Gasteiger partial charge in [-0.05, 0) is 45.3 Å². The standard InChI is InChI=1S/C20H26ClN5O/c1-25(2)20(15-6-4-3-5-7-15)10-8-19(9-11-20)14-26(18(27)24-19)17-13-22-16(21)12-23-17/h3-7,12-13,18,24,27H,8-11,14H2,1-2H3. The Hall–Kier alpha value is -1.73. The van der Waals surface area contributed by atoms with Gasteiger partial charge in [-0.2, -0.15) is 0 Å². The minimum Gasteiger partial charge on any atom is -0.361 e. The van der Waals surface area contributed by atoms with E-state index in [2.05, 4.69) is 64.6 Å². The van der Waals surface area contributed by atoms with Crippen molar-refractivity contribution >= 4 is 17.4 Å². The van der Waals surface area contributed by atoms with Crippen LogP contribution in [-0.2, 0) is 5.54 Å². The normalized spacial score (nSPS) is 31.0. The van der Waals surface area contributed by atoms with E-state index in [1.165, 1.54) is 11.8 Å². The molecule has 1 saturated heterocycles. The number of aliphatic hydroxyl groups excluding tert-OH is 1. The average Bonchev–Trinajstić information content (AvgIpc) is 3.00. The predicted octanol–water partition coefficient (Wildman–Crippen LogP) is 2.59. The van der Waals surface area contributed by atoms with Gasteiger partial charge in [0.1, 0.15) is 11.0 Å². The summed E-state index contributed by atoms with van der Waals surface area (Å²) in [7, 11) is 4.33. The molecule has 1 aromatic carbocycles. The molecule has 1 aromatic heterocycles. The SMILES string of the molecule is CN(C)C1(c2ccccc2)CCC2(CC1)CN(c1cnc(Cl)cn1)C(O)N2. The number of hydrogen-bond acceptors (Lipinski definition) is 6. The maximum absolute atomic E-state index is 10.6. The molecule has 2 heterocycles. The first-order valence-electron chi connectivity index (χ1n) is 9.37. The first kappa shape index (κ1) is 18.6. The van der Waals surface area contributed by atoms with Gasteiger partial charge in [-0.25, -0.2) is 9.97 Å². The molecule has 0 radical (unpaired) electrons. The smallest absolute Gasteiger partial charge is 0.185 e. The number of nitrogens with zero attached hydrogens (tertiary/aromatic N) is 4. The Kier molecular flexibility index (Phi) is 4.84. The van der Waals surface area contributed by atoms with Crippen LogP contribution in [0.4, 0.5) is 5.82 Å². The van der Waals surface area contributed by atoms with E-state index < -0.39 is 6.35 Å². The van der Waals surface area contributed by atoms with Crippen molar-refractivity contribution in [3.05, 3.63) is 53.4 Å². The van der Waals surface area contributed by atoms with Crippen LogP contribution in [0.3, 0.4) is 0 Å². The highest BCUT2D eigenvalue weighted by molar-refractivity contribution is 6.29. The highest BCUT2D eigenvalue weighted by Gasteiger charge is 2.50. The summed E-state index contributed by atoms with van der Waals surface area (Å²) in [6.07, 6.45) is 6.39. The Labute approximate surface area is 165 Å². The van der Waals surface area contributed by atoms with Crippen molar-refractivity contribution < 1.29 is 5.11 Å². The van der Waals surface area contributed by atoms with Gasteiger partial charge < -0.3 is 10.0 Å². The van der Waals surface area contributed by atoms with Crippen molar-refractivity contribution in [3.8, 4) is 0 Å². The molecule has 2 aliphatic rings. The number of hydrogen-bond donors (Lipinski definition) is 2. The van der Waals surface area contributed by atoms with Gasteiger partial charge in [0.15, 0.2) is 6.35 Å². The molecule has 1 aliphatic carbocycles. The molecule has 1 spiro atoms. The summed E-state index contributed by atoms with van der Waals surface area (Å²) in [6, 6.07) is 10.7. The summed E-state index contributed by atoms with van der Waals surface area (Å²) in [6.45, 7) is 0.711. The number of halogens is 1. The van der Waals surface area contributed by atoms with Gasteiger partial charge in [-0.15, -0.1) is 0 Å². The zero-order valence-corrected chi connectivity index (χ0v) is 16.5. The van der Waals surface area contributed by atoms with E-state index in [9.17, 15) is 5.11 Å². The Morgan fingerprint density at radius 1 is 1.11 bits per heavy atom. The minimum absolute atomic E-state index is 0.0344. The van der Waals surface area contributed by atoms with E-state index in [0.717, 1.165) is 25.7 Å². The summed E-state index contributed by atoms with van der Waals surface area (Å²) < 4.78 is 0. The minimum atomic E-state index is -0.760. The summed E-state index contributed by atoms with van der Waals surface area (Å²) in [5, 5.41) is 14.4. The van der Waals surface area contributed by atoms with Gasteiger partial charge in [0, 0.05) is 17.6 Å². The van der Waals surface area contributed by atoms with Crippen molar-refractivity contribution in [3.63, 3.8) is 0 Å². The van der Waals surface area contributed by atoms with E-state index >= 15 is 0 Å². The molecule has 0 bridgehead atoms. The van der Waals surface area contributed by atoms with Crippen molar-refractivity contribution in [1.82, 2.24) is 20.2 Å². The van der Waals surface area contributed by atoms with Gasteiger partial charge in [-0.3, -0.25) is 10.2 Å². The molecular formula is C20H26ClN5O. The zero-order chi connectivity index (χ0) is 19.1. The Morgan fingerprint density at radius 2 is 1.81 bits per heavy atom. The molecule has 144 valence electrons. The molecule has 1 atom stereocenters. The molecule has 6 nitrogen and oxygen atoms in total. The van der Waals surface area contributed by atoms with Crippen LogP contribution in [0.2, 0.25) is 5.15 Å². The lowest BCUT2D eigenvalue weighted by molar-refractivity contribution is 0.0513. The molecule has 2 fully saturated rings. The number of benzene rings is 1. The molecule has 1 aliphatic heterocycles. The van der Waals surface area contributed by atoms with Gasteiger partial charge in [0.05, 0.1) is 12.4 Å². The van der Waals surface area contributed by atoms with E-state index in [4.69, 9.17) is 11.6 Å². The average molecular weight is 388 g/mol. The van der Waals surface area contributed by atoms with Crippen molar-refractivity contribution in [2.75, 3.05) is 25.5 Å². The van der Waals surface area contributed by atoms with Crippen LogP contribution in [-0.4, -0.2) is 52.5 Å². The molecule has 2 N–H and O–H groups in total. The fourth-order valence-corrected chi connectivity index (χ4v) is 4.75. The third-order valence-corrected chi connectivity index (χ3v) is 6.50. The van der Waals surface area contributed by atoms with Crippen molar-refractivity contribution in [2.45, 2.75) is 43.1 Å². The number of anilines is 1. The third kappa shape index (κ3) is 3.31. The molecule has 27 heavy (non-hydrogen) atoms. The first-order valence-corrected chi connectivity index (χ1v) is 9.75. The summed E-state index contributed by atoms with van der Waals surface area (Å²) >= 11 is 5.84. The van der Waals surface area contributed by atoms with Crippen molar-refractivity contribution in [1.29, 1.82) is 0 Å². The highest BCUT2D eigenvalue weighted by atomic mass is 35.5. The fourth-order valence-electron chi connectivity index (χ4n) is 4.66. The van der Waals surface area contributed by atoms with Crippen molar-refractivity contribution in [2.24, 2.45) is 0 Å². The van der Waals surface area contributed by atoms with Crippen LogP contribution in [0.15, 0.2) is 42.7 Å². The topological polar surface area (TPSA) is 64.5 Å². The zero-order valence-electron chi connectivity index (χ0n) is 15.8. The summed E-state index contributed by atoms with van der Waals surface area (Å²) in [5.74, 6) is 0.642. The van der Waals surface area contributed by atoms with Gasteiger partial charge in [0.2, 0.25) is 0 Å². The first-order chi connectivity index (χ1) is 12.9. The Bertz CT molecular complexity index is 775. The molecule has 2 aromatic rings.